The first-order valence-corrected chi connectivity index (χ1v) is 7.47. The van der Waals surface area contributed by atoms with Crippen LogP contribution in [0.3, 0.4) is 0 Å². The standard InChI is InChI=1S/C15H12Cl3NO2/c1-19-14-7-20-13-6-9(17)5-11(15(13)21-14)10-4-8(16)2-3-12(10)18/h2-6,14,19H,7H2,1H3/t14-/m0/s1. The van der Waals surface area contributed by atoms with Gasteiger partial charge in [-0.2, -0.15) is 0 Å². The smallest absolute Gasteiger partial charge is 0.184 e. The normalized spacial score (nSPS) is 16.9. The molecule has 3 nitrogen and oxygen atoms in total. The average molecular weight is 345 g/mol. The fraction of sp³-hybridized carbons (Fsp3) is 0.200. The number of hydrogen-bond acceptors (Lipinski definition) is 3. The molecule has 0 unspecified atom stereocenters. The fourth-order valence-corrected chi connectivity index (χ4v) is 2.79. The SMILES string of the molecule is CN[C@@H]1COc2cc(Cl)cc(-c3cc(Cl)ccc3Cl)c2O1. The summed E-state index contributed by atoms with van der Waals surface area (Å²) in [5, 5.41) is 4.73. The van der Waals surface area contributed by atoms with E-state index in [-0.39, 0.29) is 6.23 Å². The highest BCUT2D eigenvalue weighted by atomic mass is 35.5. The Hall–Kier alpha value is -1.13. The van der Waals surface area contributed by atoms with Gasteiger partial charge in [-0.25, -0.2) is 0 Å². The van der Waals surface area contributed by atoms with E-state index in [1.54, 1.807) is 37.4 Å². The number of ether oxygens (including phenoxy) is 2. The molecule has 1 N–H and O–H groups in total. The maximum Gasteiger partial charge on any atom is 0.184 e. The van der Waals surface area contributed by atoms with Crippen molar-refractivity contribution in [1.82, 2.24) is 5.32 Å². The van der Waals surface area contributed by atoms with Gasteiger partial charge in [-0.05, 0) is 31.3 Å². The first-order valence-electron chi connectivity index (χ1n) is 6.34. The summed E-state index contributed by atoms with van der Waals surface area (Å²) in [7, 11) is 1.81. The molecular weight excluding hydrogens is 333 g/mol. The average Bonchev–Trinajstić information content (AvgIpc) is 2.48. The highest BCUT2D eigenvalue weighted by molar-refractivity contribution is 6.36. The lowest BCUT2D eigenvalue weighted by atomic mass is 10.0. The minimum absolute atomic E-state index is 0.226. The highest BCUT2D eigenvalue weighted by Crippen LogP contribution is 2.45. The molecule has 2 aromatic rings. The third kappa shape index (κ3) is 2.92. The van der Waals surface area contributed by atoms with Gasteiger partial charge in [0, 0.05) is 32.3 Å². The Kier molecular flexibility index (Phi) is 4.18. The van der Waals surface area contributed by atoms with E-state index >= 15 is 0 Å². The van der Waals surface area contributed by atoms with Gasteiger partial charge in [-0.15, -0.1) is 0 Å². The van der Waals surface area contributed by atoms with Crippen LogP contribution < -0.4 is 14.8 Å². The largest absolute Gasteiger partial charge is 0.484 e. The first kappa shape index (κ1) is 14.8. The Labute approximate surface area is 137 Å². The van der Waals surface area contributed by atoms with Crippen molar-refractivity contribution in [2.24, 2.45) is 0 Å². The molecule has 110 valence electrons. The predicted molar refractivity (Wildman–Crippen MR) is 85.9 cm³/mol. The van der Waals surface area contributed by atoms with Gasteiger partial charge in [0.05, 0.1) is 0 Å². The van der Waals surface area contributed by atoms with Crippen LogP contribution in [0, 0.1) is 0 Å². The number of rotatable bonds is 2. The number of nitrogens with one attached hydrogen (secondary N) is 1. The number of fused-ring (bicyclic) bond motifs is 1. The molecule has 0 radical (unpaired) electrons. The molecule has 0 aliphatic carbocycles. The van der Waals surface area contributed by atoms with Crippen LogP contribution in [0.4, 0.5) is 0 Å². The maximum atomic E-state index is 6.28. The molecule has 1 heterocycles. The summed E-state index contributed by atoms with van der Waals surface area (Å²) in [6.07, 6.45) is -0.226. The summed E-state index contributed by atoms with van der Waals surface area (Å²) in [5.41, 5.74) is 1.51. The van der Waals surface area contributed by atoms with E-state index in [0.29, 0.717) is 33.2 Å². The molecule has 3 rings (SSSR count). The van der Waals surface area contributed by atoms with E-state index in [4.69, 9.17) is 44.3 Å². The fourth-order valence-electron chi connectivity index (χ4n) is 2.19. The minimum atomic E-state index is -0.226. The molecule has 21 heavy (non-hydrogen) atoms. The van der Waals surface area contributed by atoms with E-state index < -0.39 is 0 Å². The second kappa shape index (κ2) is 5.93. The molecule has 1 aliphatic rings. The molecule has 1 atom stereocenters. The lowest BCUT2D eigenvalue weighted by molar-refractivity contribution is 0.0733. The molecular formula is C15H12Cl3NO2. The van der Waals surface area contributed by atoms with Crippen LogP contribution in [0.5, 0.6) is 11.5 Å². The van der Waals surface area contributed by atoms with Gasteiger partial charge in [-0.1, -0.05) is 34.8 Å². The van der Waals surface area contributed by atoms with Gasteiger partial charge in [0.2, 0.25) is 0 Å². The van der Waals surface area contributed by atoms with E-state index in [1.807, 2.05) is 0 Å². The monoisotopic (exact) mass is 343 g/mol. The maximum absolute atomic E-state index is 6.28. The van der Waals surface area contributed by atoms with Crippen molar-refractivity contribution in [3.8, 4) is 22.6 Å². The van der Waals surface area contributed by atoms with Crippen LogP contribution >= 0.6 is 34.8 Å². The zero-order valence-corrected chi connectivity index (χ0v) is 13.4. The molecule has 0 amide bonds. The number of halogens is 3. The Morgan fingerprint density at radius 2 is 1.81 bits per heavy atom. The quantitative estimate of drug-likeness (QED) is 0.861. The Morgan fingerprint density at radius 1 is 1.05 bits per heavy atom. The van der Waals surface area contributed by atoms with E-state index in [2.05, 4.69) is 5.32 Å². The third-order valence-electron chi connectivity index (χ3n) is 3.21. The summed E-state index contributed by atoms with van der Waals surface area (Å²) in [5.74, 6) is 1.20. The van der Waals surface area contributed by atoms with Crippen LogP contribution in [-0.4, -0.2) is 19.9 Å². The van der Waals surface area contributed by atoms with Crippen molar-refractivity contribution < 1.29 is 9.47 Å². The zero-order chi connectivity index (χ0) is 15.0. The summed E-state index contributed by atoms with van der Waals surface area (Å²) in [6, 6.07) is 8.77. The van der Waals surface area contributed by atoms with E-state index in [0.717, 1.165) is 11.1 Å². The van der Waals surface area contributed by atoms with E-state index in [9.17, 15) is 0 Å². The van der Waals surface area contributed by atoms with Crippen LogP contribution in [-0.2, 0) is 0 Å². The molecule has 0 fully saturated rings. The molecule has 0 saturated heterocycles. The van der Waals surface area contributed by atoms with Gasteiger partial charge in [0.15, 0.2) is 17.7 Å². The number of hydrogen-bond donors (Lipinski definition) is 1. The van der Waals surface area contributed by atoms with Crippen LogP contribution in [0.25, 0.3) is 11.1 Å². The third-order valence-corrected chi connectivity index (χ3v) is 3.99. The molecule has 0 aromatic heterocycles. The van der Waals surface area contributed by atoms with Crippen molar-refractivity contribution in [1.29, 1.82) is 0 Å². The van der Waals surface area contributed by atoms with Gasteiger partial charge in [0.25, 0.3) is 0 Å². The van der Waals surface area contributed by atoms with Crippen molar-refractivity contribution >= 4 is 34.8 Å². The second-order valence-electron chi connectivity index (χ2n) is 4.61. The van der Waals surface area contributed by atoms with Gasteiger partial charge >= 0.3 is 0 Å². The minimum Gasteiger partial charge on any atom is -0.484 e. The second-order valence-corrected chi connectivity index (χ2v) is 5.89. The molecule has 0 spiro atoms. The summed E-state index contributed by atoms with van der Waals surface area (Å²) >= 11 is 18.5. The van der Waals surface area contributed by atoms with Crippen LogP contribution in [0.1, 0.15) is 0 Å². The lowest BCUT2D eigenvalue weighted by Crippen LogP contribution is -2.39. The zero-order valence-electron chi connectivity index (χ0n) is 11.1. The van der Waals surface area contributed by atoms with Crippen LogP contribution in [0.15, 0.2) is 30.3 Å². The molecule has 0 saturated carbocycles. The summed E-state index contributed by atoms with van der Waals surface area (Å²) < 4.78 is 11.6. The van der Waals surface area contributed by atoms with Crippen LogP contribution in [0.2, 0.25) is 15.1 Å². The van der Waals surface area contributed by atoms with Crippen molar-refractivity contribution in [3.63, 3.8) is 0 Å². The number of benzene rings is 2. The lowest BCUT2D eigenvalue weighted by Gasteiger charge is -2.28. The predicted octanol–water partition coefficient (Wildman–Crippen LogP) is 4.63. The van der Waals surface area contributed by atoms with Crippen molar-refractivity contribution in [2.75, 3.05) is 13.7 Å². The van der Waals surface area contributed by atoms with Gasteiger partial charge < -0.3 is 9.47 Å². The Bertz CT molecular complexity index is 691. The summed E-state index contributed by atoms with van der Waals surface area (Å²) in [6.45, 7) is 0.409. The van der Waals surface area contributed by atoms with Gasteiger partial charge in [-0.3, -0.25) is 5.32 Å². The van der Waals surface area contributed by atoms with Crippen molar-refractivity contribution in [2.45, 2.75) is 6.23 Å². The van der Waals surface area contributed by atoms with E-state index in [1.165, 1.54) is 0 Å². The molecule has 2 aromatic carbocycles. The first-order chi connectivity index (χ1) is 10.1. The number of likely N-dealkylation sites (N-methyl/N-ethyl adjacent to an activating group) is 1. The summed E-state index contributed by atoms with van der Waals surface area (Å²) in [4.78, 5) is 0. The van der Waals surface area contributed by atoms with Crippen molar-refractivity contribution in [3.05, 3.63) is 45.4 Å². The molecule has 0 bridgehead atoms. The Morgan fingerprint density at radius 3 is 2.57 bits per heavy atom. The Balaban J connectivity index is 2.18. The molecule has 6 heteroatoms. The molecule has 1 aliphatic heterocycles. The van der Waals surface area contributed by atoms with Gasteiger partial charge in [0.1, 0.15) is 6.61 Å². The topological polar surface area (TPSA) is 30.5 Å². The highest BCUT2D eigenvalue weighted by Gasteiger charge is 2.25.